The molecule has 0 saturated heterocycles. The van der Waals surface area contributed by atoms with Crippen LogP contribution >= 0.6 is 0 Å². The molecule has 0 aliphatic rings. The first-order valence-corrected chi connectivity index (χ1v) is 14.3. The third-order valence-corrected chi connectivity index (χ3v) is 7.45. The monoisotopic (exact) mass is 568 g/mol. The largest absolute Gasteiger partial charge is 0.150 e. The Morgan fingerprint density at radius 3 is 1.05 bits per heavy atom. The summed E-state index contributed by atoms with van der Waals surface area (Å²) in [5.41, 5.74) is 10.2. The highest BCUT2D eigenvalue weighted by atomic mass is 15.5. The van der Waals surface area contributed by atoms with Gasteiger partial charge in [-0.05, 0) is 35.4 Å². The molecule has 44 heavy (non-hydrogen) atoms. The summed E-state index contributed by atoms with van der Waals surface area (Å²) in [5.74, 6) is 0. The number of benzene rings is 5. The molecule has 7 aromatic rings. The fourth-order valence-electron chi connectivity index (χ4n) is 5.10. The smallest absolute Gasteiger partial charge is 0.121 e. The fourth-order valence-corrected chi connectivity index (χ4v) is 5.10. The van der Waals surface area contributed by atoms with Crippen LogP contribution in [0.5, 0.6) is 0 Å². The summed E-state index contributed by atoms with van der Waals surface area (Å²) in [5, 5.41) is 19.6. The standard InChI is InChI=1S/C38H28N6/c1-27(29-15-7-3-8-16-29)35-37(31-19-11-5-12-20-31)41-43(39-35)33-23-25-34(26-24-33)44-40-36(28(2)30-17-9-4-10-18-30)38(42-44)32-21-13-6-14-22-32/h3-26H,1-2H2. The Hall–Kier alpha value is -6.14. The molecule has 0 fully saturated rings. The van der Waals surface area contributed by atoms with E-state index in [4.69, 9.17) is 20.4 Å². The minimum Gasteiger partial charge on any atom is -0.150 e. The van der Waals surface area contributed by atoms with Crippen LogP contribution in [0.1, 0.15) is 22.5 Å². The van der Waals surface area contributed by atoms with Gasteiger partial charge in [0.15, 0.2) is 0 Å². The average molecular weight is 569 g/mol. The molecule has 0 radical (unpaired) electrons. The first-order valence-electron chi connectivity index (χ1n) is 14.3. The third kappa shape index (κ3) is 5.16. The van der Waals surface area contributed by atoms with Gasteiger partial charge in [-0.3, -0.25) is 0 Å². The van der Waals surface area contributed by atoms with Crippen molar-refractivity contribution < 1.29 is 0 Å². The summed E-state index contributed by atoms with van der Waals surface area (Å²) in [4.78, 5) is 3.31. The van der Waals surface area contributed by atoms with Gasteiger partial charge >= 0.3 is 0 Å². The molecular formula is C38H28N6. The summed E-state index contributed by atoms with van der Waals surface area (Å²) in [6.07, 6.45) is 0. The molecule has 0 bridgehead atoms. The normalized spacial score (nSPS) is 10.9. The minimum atomic E-state index is 0.733. The predicted molar refractivity (Wildman–Crippen MR) is 176 cm³/mol. The van der Waals surface area contributed by atoms with Crippen LogP contribution in [0.15, 0.2) is 159 Å². The van der Waals surface area contributed by atoms with Gasteiger partial charge in [-0.15, -0.1) is 20.4 Å². The highest BCUT2D eigenvalue weighted by Gasteiger charge is 2.20. The summed E-state index contributed by atoms with van der Waals surface area (Å²) in [6, 6.07) is 48.1. The van der Waals surface area contributed by atoms with Gasteiger partial charge in [-0.25, -0.2) is 0 Å². The first kappa shape index (κ1) is 26.7. The topological polar surface area (TPSA) is 61.4 Å². The maximum absolute atomic E-state index is 4.91. The van der Waals surface area contributed by atoms with Gasteiger partial charge < -0.3 is 0 Å². The molecule has 0 aliphatic heterocycles. The van der Waals surface area contributed by atoms with Crippen molar-refractivity contribution in [3.05, 3.63) is 181 Å². The molecule has 5 aromatic carbocycles. The molecule has 7 rings (SSSR count). The Balaban J connectivity index is 1.26. The number of aromatic nitrogens is 6. The predicted octanol–water partition coefficient (Wildman–Crippen LogP) is 8.31. The van der Waals surface area contributed by atoms with Gasteiger partial charge in [0.05, 0.1) is 11.4 Å². The van der Waals surface area contributed by atoms with E-state index in [2.05, 4.69) is 13.2 Å². The maximum atomic E-state index is 4.91. The molecular weight excluding hydrogens is 540 g/mol. The number of hydrogen-bond donors (Lipinski definition) is 0. The van der Waals surface area contributed by atoms with E-state index in [0.29, 0.717) is 0 Å². The van der Waals surface area contributed by atoms with Crippen molar-refractivity contribution in [3.8, 4) is 33.9 Å². The Kier molecular flexibility index (Phi) is 7.06. The van der Waals surface area contributed by atoms with Crippen molar-refractivity contribution in [2.45, 2.75) is 0 Å². The highest BCUT2D eigenvalue weighted by molar-refractivity contribution is 5.85. The fraction of sp³-hybridized carbons (Fsp3) is 0. The Bertz CT molecular complexity index is 1910. The third-order valence-electron chi connectivity index (χ3n) is 7.45. The second-order valence-electron chi connectivity index (χ2n) is 10.3. The summed E-state index contributed by atoms with van der Waals surface area (Å²) in [7, 11) is 0. The van der Waals surface area contributed by atoms with E-state index in [1.165, 1.54) is 0 Å². The van der Waals surface area contributed by atoms with Crippen LogP contribution in [0.25, 0.3) is 45.0 Å². The lowest BCUT2D eigenvalue weighted by Gasteiger charge is -2.05. The molecule has 0 amide bonds. The molecule has 0 spiro atoms. The minimum absolute atomic E-state index is 0.733. The van der Waals surface area contributed by atoms with Gasteiger partial charge in [0, 0.05) is 22.3 Å². The van der Waals surface area contributed by atoms with Gasteiger partial charge in [0.1, 0.15) is 22.8 Å². The Morgan fingerprint density at radius 1 is 0.386 bits per heavy atom. The second-order valence-corrected chi connectivity index (χ2v) is 10.3. The van der Waals surface area contributed by atoms with Crippen molar-refractivity contribution >= 4 is 11.1 Å². The van der Waals surface area contributed by atoms with Crippen LogP contribution < -0.4 is 0 Å². The summed E-state index contributed by atoms with van der Waals surface area (Å²) in [6.45, 7) is 8.74. The zero-order valence-electron chi connectivity index (χ0n) is 24.0. The van der Waals surface area contributed by atoms with Crippen LogP contribution in [0, 0.1) is 0 Å². The quantitative estimate of drug-likeness (QED) is 0.185. The van der Waals surface area contributed by atoms with E-state index in [0.717, 1.165) is 67.6 Å². The summed E-state index contributed by atoms with van der Waals surface area (Å²) < 4.78 is 0. The van der Waals surface area contributed by atoms with Crippen LogP contribution in [0.3, 0.4) is 0 Å². The van der Waals surface area contributed by atoms with Crippen LogP contribution in [-0.2, 0) is 0 Å². The van der Waals surface area contributed by atoms with E-state index in [-0.39, 0.29) is 0 Å². The van der Waals surface area contributed by atoms with E-state index < -0.39 is 0 Å². The maximum Gasteiger partial charge on any atom is 0.121 e. The lowest BCUT2D eigenvalue weighted by Crippen LogP contribution is -2.02. The van der Waals surface area contributed by atoms with Gasteiger partial charge in [0.25, 0.3) is 0 Å². The zero-order valence-corrected chi connectivity index (χ0v) is 24.0. The van der Waals surface area contributed by atoms with Crippen molar-refractivity contribution in [1.82, 2.24) is 30.0 Å². The van der Waals surface area contributed by atoms with Crippen LogP contribution in [0.4, 0.5) is 0 Å². The van der Waals surface area contributed by atoms with E-state index in [9.17, 15) is 0 Å². The zero-order chi connectivity index (χ0) is 29.9. The summed E-state index contributed by atoms with van der Waals surface area (Å²) >= 11 is 0. The molecule has 6 heteroatoms. The Labute approximate surface area is 255 Å². The highest BCUT2D eigenvalue weighted by Crippen LogP contribution is 2.31. The van der Waals surface area contributed by atoms with Crippen molar-refractivity contribution in [1.29, 1.82) is 0 Å². The molecule has 210 valence electrons. The van der Waals surface area contributed by atoms with Crippen molar-refractivity contribution in [2.75, 3.05) is 0 Å². The van der Waals surface area contributed by atoms with Crippen molar-refractivity contribution in [2.24, 2.45) is 0 Å². The molecule has 0 saturated carbocycles. The Morgan fingerprint density at radius 2 is 0.705 bits per heavy atom. The molecule has 2 aromatic heterocycles. The molecule has 6 nitrogen and oxygen atoms in total. The van der Waals surface area contributed by atoms with Crippen LogP contribution in [0.2, 0.25) is 0 Å². The van der Waals surface area contributed by atoms with E-state index in [1.807, 2.05) is 146 Å². The molecule has 0 unspecified atom stereocenters. The van der Waals surface area contributed by atoms with Crippen molar-refractivity contribution in [3.63, 3.8) is 0 Å². The van der Waals surface area contributed by atoms with E-state index in [1.54, 1.807) is 9.59 Å². The number of hydrogen-bond acceptors (Lipinski definition) is 4. The van der Waals surface area contributed by atoms with Gasteiger partial charge in [0.2, 0.25) is 0 Å². The van der Waals surface area contributed by atoms with E-state index >= 15 is 0 Å². The number of rotatable bonds is 8. The molecule has 2 heterocycles. The SMILES string of the molecule is C=C(c1ccccc1)c1nn(-c2ccc(-n3nc(C(=C)c4ccccc4)c(-c4ccccc4)n3)cc2)nc1-c1ccccc1. The van der Waals surface area contributed by atoms with Gasteiger partial charge in [-0.2, -0.15) is 9.59 Å². The lowest BCUT2D eigenvalue weighted by atomic mass is 10.0. The lowest BCUT2D eigenvalue weighted by molar-refractivity contribution is 0.739. The molecule has 0 N–H and O–H groups in total. The van der Waals surface area contributed by atoms with Gasteiger partial charge in [-0.1, -0.05) is 134 Å². The van der Waals surface area contributed by atoms with Crippen LogP contribution in [-0.4, -0.2) is 30.0 Å². The second kappa shape index (κ2) is 11.6. The molecule has 0 atom stereocenters. The number of nitrogens with zero attached hydrogens (tertiary/aromatic N) is 6. The molecule has 0 aliphatic carbocycles. The average Bonchev–Trinajstić information content (AvgIpc) is 3.76. The first-order chi connectivity index (χ1) is 21.7.